The van der Waals surface area contributed by atoms with Gasteiger partial charge in [0, 0.05) is 0 Å². The van der Waals surface area contributed by atoms with Crippen LogP contribution in [0.1, 0.15) is 38.0 Å². The molecule has 1 aromatic rings. The Morgan fingerprint density at radius 1 is 1.24 bits per heavy atom. The summed E-state index contributed by atoms with van der Waals surface area (Å²) in [7, 11) is 0. The third kappa shape index (κ3) is 4.76. The molecule has 1 heterocycles. The summed E-state index contributed by atoms with van der Waals surface area (Å²) in [4.78, 5) is 15.6. The molecule has 1 N–H and O–H groups in total. The summed E-state index contributed by atoms with van der Waals surface area (Å²) in [5.41, 5.74) is 1.08. The van der Waals surface area contributed by atoms with E-state index in [0.29, 0.717) is 5.82 Å². The number of amides is 1. The van der Waals surface area contributed by atoms with Gasteiger partial charge in [-0.2, -0.15) is 5.10 Å². The second-order valence-electron chi connectivity index (χ2n) is 4.75. The number of nitrogens with zero attached hydrogens (tertiary/aromatic N) is 3. The Morgan fingerprint density at radius 3 is 2.41 bits per heavy atom. The van der Waals surface area contributed by atoms with Crippen molar-refractivity contribution in [1.29, 1.82) is 0 Å². The van der Waals surface area contributed by atoms with Gasteiger partial charge in [0.2, 0.25) is 0 Å². The fourth-order valence-electron chi connectivity index (χ4n) is 1.04. The van der Waals surface area contributed by atoms with Crippen LogP contribution in [-0.2, 0) is 11.3 Å². The van der Waals surface area contributed by atoms with Crippen molar-refractivity contribution < 1.29 is 9.53 Å². The van der Waals surface area contributed by atoms with E-state index in [1.165, 1.54) is 0 Å². The Kier molecular flexibility index (Phi) is 3.98. The Balaban J connectivity index is 2.50. The summed E-state index contributed by atoms with van der Waals surface area (Å²) in [6.07, 6.45) is -0.487. The first-order valence-electron chi connectivity index (χ1n) is 5.41. The van der Waals surface area contributed by atoms with E-state index in [4.69, 9.17) is 4.74 Å². The monoisotopic (exact) mass is 238 g/mol. The van der Waals surface area contributed by atoms with Gasteiger partial charge in [-0.15, -0.1) is 5.10 Å². The molecule has 0 aliphatic heterocycles. The summed E-state index contributed by atoms with van der Waals surface area (Å²) in [5, 5.41) is 10.4. The van der Waals surface area contributed by atoms with Crippen molar-refractivity contribution in [2.45, 2.75) is 46.8 Å². The first-order chi connectivity index (χ1) is 7.78. The van der Waals surface area contributed by atoms with Crippen LogP contribution in [0.25, 0.3) is 0 Å². The quantitative estimate of drug-likeness (QED) is 0.845. The van der Waals surface area contributed by atoms with E-state index in [2.05, 4.69) is 20.5 Å². The van der Waals surface area contributed by atoms with Gasteiger partial charge in [0.15, 0.2) is 5.82 Å². The van der Waals surface area contributed by atoms with Crippen molar-refractivity contribution in [3.8, 4) is 0 Å². The van der Waals surface area contributed by atoms with Gasteiger partial charge in [0.05, 0.1) is 17.9 Å². The van der Waals surface area contributed by atoms with Gasteiger partial charge in [-0.1, -0.05) is 0 Å². The van der Waals surface area contributed by atoms with E-state index in [9.17, 15) is 4.79 Å². The maximum absolute atomic E-state index is 11.4. The van der Waals surface area contributed by atoms with E-state index in [1.54, 1.807) is 20.8 Å². The van der Waals surface area contributed by atoms with Gasteiger partial charge in [-0.3, -0.25) is 0 Å². The fraction of sp³-hybridized carbons (Fsp3) is 0.636. The number of rotatable bonds is 2. The predicted octanol–water partition coefficient (Wildman–Crippen LogP) is 1.51. The Labute approximate surface area is 101 Å². The van der Waals surface area contributed by atoms with E-state index in [-0.39, 0.29) is 6.54 Å². The Hall–Kier alpha value is -1.72. The number of aryl methyl sites for hydroxylation is 2. The van der Waals surface area contributed by atoms with Crippen LogP contribution < -0.4 is 5.32 Å². The number of carbonyl (C=O) groups is 1. The predicted molar refractivity (Wildman–Crippen MR) is 62.4 cm³/mol. The lowest BCUT2D eigenvalue weighted by Gasteiger charge is -2.19. The number of hydrogen-bond donors (Lipinski definition) is 1. The van der Waals surface area contributed by atoms with Crippen molar-refractivity contribution in [3.05, 3.63) is 17.2 Å². The normalized spacial score (nSPS) is 11.1. The molecule has 0 fully saturated rings. The smallest absolute Gasteiger partial charge is 0.408 e. The van der Waals surface area contributed by atoms with E-state index >= 15 is 0 Å². The maximum atomic E-state index is 11.4. The van der Waals surface area contributed by atoms with Crippen molar-refractivity contribution in [1.82, 2.24) is 20.5 Å². The lowest BCUT2D eigenvalue weighted by molar-refractivity contribution is 0.0522. The number of carbonyl (C=O) groups excluding carboxylic acids is 1. The van der Waals surface area contributed by atoms with Gasteiger partial charge in [-0.05, 0) is 34.6 Å². The number of alkyl carbamates (subject to hydrolysis) is 1. The molecular formula is C11H18N4O2. The average molecular weight is 238 g/mol. The molecule has 6 nitrogen and oxygen atoms in total. The maximum Gasteiger partial charge on any atom is 0.408 e. The molecule has 0 aromatic carbocycles. The summed E-state index contributed by atoms with van der Waals surface area (Å²) >= 11 is 0. The van der Waals surface area contributed by atoms with Crippen molar-refractivity contribution in [2.75, 3.05) is 0 Å². The van der Waals surface area contributed by atoms with Crippen molar-refractivity contribution >= 4 is 6.09 Å². The SMILES string of the molecule is Cc1nnc(CNC(=O)OC(C)(C)C)nc1C. The van der Waals surface area contributed by atoms with Gasteiger partial charge in [0.25, 0.3) is 0 Å². The van der Waals surface area contributed by atoms with E-state index in [0.717, 1.165) is 11.4 Å². The van der Waals surface area contributed by atoms with Crippen LogP contribution in [0.3, 0.4) is 0 Å². The fourth-order valence-corrected chi connectivity index (χ4v) is 1.04. The molecule has 0 saturated carbocycles. The Morgan fingerprint density at radius 2 is 1.88 bits per heavy atom. The zero-order chi connectivity index (χ0) is 13.1. The molecule has 0 saturated heterocycles. The zero-order valence-corrected chi connectivity index (χ0v) is 10.9. The molecular weight excluding hydrogens is 220 g/mol. The van der Waals surface area contributed by atoms with Gasteiger partial charge >= 0.3 is 6.09 Å². The number of aromatic nitrogens is 3. The topological polar surface area (TPSA) is 77.0 Å². The van der Waals surface area contributed by atoms with Crippen LogP contribution in [-0.4, -0.2) is 26.9 Å². The molecule has 0 spiro atoms. The van der Waals surface area contributed by atoms with Crippen LogP contribution >= 0.6 is 0 Å². The number of hydrogen-bond acceptors (Lipinski definition) is 5. The van der Waals surface area contributed by atoms with Crippen LogP contribution in [0.5, 0.6) is 0 Å². The Bertz CT molecular complexity index is 412. The van der Waals surface area contributed by atoms with Crippen LogP contribution in [0.4, 0.5) is 4.79 Å². The molecule has 1 amide bonds. The van der Waals surface area contributed by atoms with Crippen LogP contribution in [0.2, 0.25) is 0 Å². The van der Waals surface area contributed by atoms with E-state index in [1.807, 2.05) is 13.8 Å². The standard InChI is InChI=1S/C11H18N4O2/c1-7-8(2)14-15-9(13-7)6-12-10(16)17-11(3,4)5/h6H2,1-5H3,(H,12,16). The minimum Gasteiger partial charge on any atom is -0.444 e. The second kappa shape index (κ2) is 5.07. The lowest BCUT2D eigenvalue weighted by atomic mass is 10.2. The first kappa shape index (κ1) is 13.3. The molecule has 0 atom stereocenters. The molecule has 0 aliphatic carbocycles. The molecule has 1 aromatic heterocycles. The first-order valence-corrected chi connectivity index (χ1v) is 5.41. The molecule has 0 aliphatic rings. The summed E-state index contributed by atoms with van der Waals surface area (Å²) in [6, 6.07) is 0. The van der Waals surface area contributed by atoms with Gasteiger partial charge < -0.3 is 10.1 Å². The third-order valence-electron chi connectivity index (χ3n) is 1.93. The number of ether oxygens (including phenoxy) is 1. The molecule has 0 bridgehead atoms. The highest BCUT2D eigenvalue weighted by Crippen LogP contribution is 2.06. The van der Waals surface area contributed by atoms with Crippen LogP contribution in [0, 0.1) is 13.8 Å². The van der Waals surface area contributed by atoms with Crippen molar-refractivity contribution in [3.63, 3.8) is 0 Å². The highest BCUT2D eigenvalue weighted by atomic mass is 16.6. The second-order valence-corrected chi connectivity index (χ2v) is 4.75. The molecule has 94 valence electrons. The summed E-state index contributed by atoms with van der Waals surface area (Å²) in [6.45, 7) is 9.31. The van der Waals surface area contributed by atoms with Gasteiger partial charge in [-0.25, -0.2) is 9.78 Å². The lowest BCUT2D eigenvalue weighted by Crippen LogP contribution is -2.32. The van der Waals surface area contributed by atoms with Crippen molar-refractivity contribution in [2.24, 2.45) is 0 Å². The summed E-state index contributed by atoms with van der Waals surface area (Å²) < 4.78 is 5.09. The number of nitrogens with one attached hydrogen (secondary N) is 1. The zero-order valence-electron chi connectivity index (χ0n) is 10.9. The molecule has 17 heavy (non-hydrogen) atoms. The minimum absolute atomic E-state index is 0.211. The van der Waals surface area contributed by atoms with Gasteiger partial charge in [0.1, 0.15) is 5.60 Å². The summed E-state index contributed by atoms with van der Waals surface area (Å²) in [5.74, 6) is 0.471. The average Bonchev–Trinajstić information content (AvgIpc) is 2.17. The molecule has 0 unspecified atom stereocenters. The van der Waals surface area contributed by atoms with E-state index < -0.39 is 11.7 Å². The third-order valence-corrected chi connectivity index (χ3v) is 1.93. The highest BCUT2D eigenvalue weighted by Gasteiger charge is 2.16. The molecule has 6 heteroatoms. The largest absolute Gasteiger partial charge is 0.444 e. The van der Waals surface area contributed by atoms with Crippen LogP contribution in [0.15, 0.2) is 0 Å². The molecule has 1 rings (SSSR count). The minimum atomic E-state index is -0.508. The molecule has 0 radical (unpaired) electrons. The highest BCUT2D eigenvalue weighted by molar-refractivity contribution is 5.67.